The largest absolute Gasteiger partial charge is 0.491 e. The number of H-pyrrole nitrogens is 1. The van der Waals surface area contributed by atoms with Gasteiger partial charge in [-0.2, -0.15) is 0 Å². The minimum absolute atomic E-state index is 0.0772. The molecule has 0 radical (unpaired) electrons. The van der Waals surface area contributed by atoms with Gasteiger partial charge in [0.15, 0.2) is 17.4 Å². The molecular weight excluding hydrogens is 420 g/mol. The van der Waals surface area contributed by atoms with Crippen LogP contribution in [0.3, 0.4) is 0 Å². The van der Waals surface area contributed by atoms with Crippen molar-refractivity contribution < 1.29 is 18.3 Å². The number of halogens is 2. The van der Waals surface area contributed by atoms with Gasteiger partial charge >= 0.3 is 5.69 Å². The van der Waals surface area contributed by atoms with Gasteiger partial charge < -0.3 is 24.8 Å². The SMILES string of the molecule is COc1c(F)cc(N2CCN(C(=O)CNc3ccc4[nH]c(=O)n(C)c4c3)C[C@H]2C)cc1F. The molecule has 2 heterocycles. The number of benzene rings is 2. The van der Waals surface area contributed by atoms with Crippen molar-refractivity contribution in [1.29, 1.82) is 0 Å². The van der Waals surface area contributed by atoms with Gasteiger partial charge in [0.1, 0.15) is 0 Å². The highest BCUT2D eigenvalue weighted by Gasteiger charge is 2.28. The molecule has 2 aromatic carbocycles. The van der Waals surface area contributed by atoms with Crippen LogP contribution in [-0.4, -0.2) is 59.7 Å². The Hall–Kier alpha value is -3.56. The van der Waals surface area contributed by atoms with Crippen molar-refractivity contribution in [2.24, 2.45) is 7.05 Å². The van der Waals surface area contributed by atoms with E-state index >= 15 is 0 Å². The normalized spacial score (nSPS) is 16.5. The van der Waals surface area contributed by atoms with Crippen molar-refractivity contribution in [2.45, 2.75) is 13.0 Å². The predicted octanol–water partition coefficient (Wildman–Crippen LogP) is 2.30. The summed E-state index contributed by atoms with van der Waals surface area (Å²) >= 11 is 0. The summed E-state index contributed by atoms with van der Waals surface area (Å²) in [7, 11) is 2.90. The highest BCUT2D eigenvalue weighted by molar-refractivity contribution is 5.83. The Morgan fingerprint density at radius 1 is 1.22 bits per heavy atom. The lowest BCUT2D eigenvalue weighted by Crippen LogP contribution is -2.54. The molecule has 2 N–H and O–H groups in total. The third-order valence-electron chi connectivity index (χ3n) is 5.85. The number of imidazole rings is 1. The number of ether oxygens (including phenoxy) is 1. The summed E-state index contributed by atoms with van der Waals surface area (Å²) in [6, 6.07) is 7.79. The van der Waals surface area contributed by atoms with E-state index in [1.165, 1.54) is 23.8 Å². The quantitative estimate of drug-likeness (QED) is 0.630. The van der Waals surface area contributed by atoms with E-state index in [1.807, 2.05) is 17.9 Å². The number of fused-ring (bicyclic) bond motifs is 1. The molecule has 0 aliphatic carbocycles. The maximum atomic E-state index is 14.1. The van der Waals surface area contributed by atoms with Crippen LogP contribution in [0.25, 0.3) is 11.0 Å². The van der Waals surface area contributed by atoms with E-state index in [1.54, 1.807) is 24.1 Å². The molecule has 0 unspecified atom stereocenters. The molecule has 32 heavy (non-hydrogen) atoms. The van der Waals surface area contributed by atoms with E-state index in [9.17, 15) is 18.4 Å². The molecule has 1 fully saturated rings. The molecule has 1 amide bonds. The van der Waals surface area contributed by atoms with Crippen molar-refractivity contribution in [3.05, 3.63) is 52.5 Å². The van der Waals surface area contributed by atoms with Gasteiger partial charge in [-0.05, 0) is 25.1 Å². The van der Waals surface area contributed by atoms with Crippen molar-refractivity contribution in [1.82, 2.24) is 14.5 Å². The molecule has 170 valence electrons. The maximum absolute atomic E-state index is 14.1. The minimum Gasteiger partial charge on any atom is -0.491 e. The molecule has 1 aliphatic heterocycles. The van der Waals surface area contributed by atoms with Crippen LogP contribution >= 0.6 is 0 Å². The Morgan fingerprint density at radius 2 is 1.94 bits per heavy atom. The standard InChI is InChI=1S/C22H25F2N5O3/c1-13-12-28(6-7-29(13)15-9-16(23)21(32-3)17(24)10-15)20(30)11-25-14-4-5-18-19(8-14)27(2)22(31)26-18/h4-5,8-10,13,25H,6-7,11-12H2,1-3H3,(H,26,31)/t13-/m1/s1. The summed E-state index contributed by atoms with van der Waals surface area (Å²) in [5.74, 6) is -1.99. The maximum Gasteiger partial charge on any atom is 0.326 e. The first-order valence-electron chi connectivity index (χ1n) is 10.3. The Balaban J connectivity index is 1.38. The van der Waals surface area contributed by atoms with Gasteiger partial charge in [0.25, 0.3) is 0 Å². The van der Waals surface area contributed by atoms with Gasteiger partial charge in [0.2, 0.25) is 5.91 Å². The van der Waals surface area contributed by atoms with Crippen LogP contribution in [0.4, 0.5) is 20.2 Å². The molecule has 10 heteroatoms. The number of piperazine rings is 1. The topological polar surface area (TPSA) is 82.6 Å². The molecule has 8 nitrogen and oxygen atoms in total. The number of carbonyl (C=O) groups is 1. The Labute approximate surface area is 183 Å². The van der Waals surface area contributed by atoms with Crippen molar-refractivity contribution in [3.8, 4) is 5.75 Å². The van der Waals surface area contributed by atoms with Crippen molar-refractivity contribution >= 4 is 28.3 Å². The summed E-state index contributed by atoms with van der Waals surface area (Å²) in [4.78, 5) is 30.8. The van der Waals surface area contributed by atoms with Crippen LogP contribution < -0.4 is 20.6 Å². The van der Waals surface area contributed by atoms with E-state index in [-0.39, 0.29) is 24.2 Å². The number of rotatable bonds is 5. The number of nitrogens with zero attached hydrogens (tertiary/aromatic N) is 3. The van der Waals surface area contributed by atoms with E-state index in [0.717, 1.165) is 16.7 Å². The molecule has 1 atom stereocenters. The fraction of sp³-hybridized carbons (Fsp3) is 0.364. The number of methoxy groups -OCH3 is 1. The van der Waals surface area contributed by atoms with Crippen LogP contribution in [-0.2, 0) is 11.8 Å². The minimum atomic E-state index is -0.755. The predicted molar refractivity (Wildman–Crippen MR) is 118 cm³/mol. The summed E-state index contributed by atoms with van der Waals surface area (Å²) in [5.41, 5.74) is 2.43. The van der Waals surface area contributed by atoms with Crippen molar-refractivity contribution in [3.63, 3.8) is 0 Å². The van der Waals surface area contributed by atoms with E-state index < -0.39 is 17.4 Å². The third kappa shape index (κ3) is 4.00. The first kappa shape index (κ1) is 21.7. The molecule has 4 rings (SSSR count). The van der Waals surface area contributed by atoms with Gasteiger partial charge in [0.05, 0.1) is 24.7 Å². The number of amides is 1. The number of carbonyl (C=O) groups excluding carboxylic acids is 1. The smallest absolute Gasteiger partial charge is 0.326 e. The van der Waals surface area contributed by atoms with Crippen LogP contribution in [0.2, 0.25) is 0 Å². The molecule has 0 bridgehead atoms. The van der Waals surface area contributed by atoms with Gasteiger partial charge in [0, 0.05) is 56.2 Å². The second kappa shape index (κ2) is 8.52. The Bertz CT molecular complexity index is 1200. The number of aryl methyl sites for hydroxylation is 1. The number of nitrogens with one attached hydrogen (secondary N) is 2. The lowest BCUT2D eigenvalue weighted by atomic mass is 10.1. The molecule has 1 saturated heterocycles. The van der Waals surface area contributed by atoms with Gasteiger partial charge in [-0.1, -0.05) is 0 Å². The van der Waals surface area contributed by atoms with Crippen LogP contribution in [0.5, 0.6) is 5.75 Å². The number of anilines is 2. The van der Waals surface area contributed by atoms with Gasteiger partial charge in [-0.25, -0.2) is 13.6 Å². The van der Waals surface area contributed by atoms with Gasteiger partial charge in [-0.3, -0.25) is 9.36 Å². The first-order chi connectivity index (χ1) is 15.3. The highest BCUT2D eigenvalue weighted by Crippen LogP contribution is 2.29. The second-order valence-corrected chi connectivity index (χ2v) is 7.90. The summed E-state index contributed by atoms with van der Waals surface area (Å²) in [6.45, 7) is 3.33. The van der Waals surface area contributed by atoms with Crippen molar-refractivity contribution in [2.75, 3.05) is 43.5 Å². The second-order valence-electron chi connectivity index (χ2n) is 7.90. The Morgan fingerprint density at radius 3 is 2.59 bits per heavy atom. The third-order valence-corrected chi connectivity index (χ3v) is 5.85. The fourth-order valence-corrected chi connectivity index (χ4v) is 4.10. The zero-order valence-electron chi connectivity index (χ0n) is 18.1. The average molecular weight is 445 g/mol. The lowest BCUT2D eigenvalue weighted by Gasteiger charge is -2.41. The van der Waals surface area contributed by atoms with Crippen LogP contribution in [0.15, 0.2) is 35.1 Å². The fourth-order valence-electron chi connectivity index (χ4n) is 4.10. The molecular formula is C22H25F2N5O3. The molecule has 0 spiro atoms. The first-order valence-corrected chi connectivity index (χ1v) is 10.3. The zero-order valence-corrected chi connectivity index (χ0v) is 18.1. The summed E-state index contributed by atoms with van der Waals surface area (Å²) in [6.07, 6.45) is 0. The van der Waals surface area contributed by atoms with Crippen LogP contribution in [0.1, 0.15) is 6.92 Å². The molecule has 0 saturated carbocycles. The summed E-state index contributed by atoms with van der Waals surface area (Å²) < 4.78 is 34.4. The number of aromatic amines is 1. The number of aromatic nitrogens is 2. The average Bonchev–Trinajstić information content (AvgIpc) is 3.05. The monoisotopic (exact) mass is 445 g/mol. The lowest BCUT2D eigenvalue weighted by molar-refractivity contribution is -0.130. The molecule has 1 aliphatic rings. The Kier molecular flexibility index (Phi) is 5.77. The highest BCUT2D eigenvalue weighted by atomic mass is 19.1. The van der Waals surface area contributed by atoms with E-state index in [0.29, 0.717) is 25.3 Å². The zero-order chi connectivity index (χ0) is 23.0. The summed E-state index contributed by atoms with van der Waals surface area (Å²) in [5, 5.41) is 3.11. The van der Waals surface area contributed by atoms with E-state index in [2.05, 4.69) is 10.3 Å². The van der Waals surface area contributed by atoms with E-state index in [4.69, 9.17) is 4.74 Å². The van der Waals surface area contributed by atoms with Gasteiger partial charge in [-0.15, -0.1) is 0 Å². The molecule has 3 aromatic rings. The number of hydrogen-bond donors (Lipinski definition) is 2. The molecule has 1 aromatic heterocycles. The number of hydrogen-bond acceptors (Lipinski definition) is 5. The van der Waals surface area contributed by atoms with Crippen LogP contribution in [0, 0.1) is 11.6 Å².